The second kappa shape index (κ2) is 7.16. The van der Waals surface area contributed by atoms with E-state index in [1.807, 2.05) is 9.80 Å². The molecule has 24 heavy (non-hydrogen) atoms. The van der Waals surface area contributed by atoms with Gasteiger partial charge in [-0.1, -0.05) is 5.21 Å². The van der Waals surface area contributed by atoms with Crippen molar-refractivity contribution in [2.45, 2.75) is 19.4 Å². The van der Waals surface area contributed by atoms with E-state index < -0.39 is 5.97 Å². The first-order chi connectivity index (χ1) is 11.5. The maximum Gasteiger partial charge on any atom is 0.358 e. The highest BCUT2D eigenvalue weighted by Gasteiger charge is 2.29. The van der Waals surface area contributed by atoms with Gasteiger partial charge < -0.3 is 19.8 Å². The van der Waals surface area contributed by atoms with E-state index in [1.54, 1.807) is 4.68 Å². The van der Waals surface area contributed by atoms with Gasteiger partial charge in [0.25, 0.3) is 0 Å². The van der Waals surface area contributed by atoms with Crippen LogP contribution in [-0.2, 0) is 6.54 Å². The second-order valence-electron chi connectivity index (χ2n) is 6.66. The molecule has 0 radical (unpaired) electrons. The minimum atomic E-state index is -1.07. The number of rotatable bonds is 3. The molecule has 2 aliphatic heterocycles. The summed E-state index contributed by atoms with van der Waals surface area (Å²) in [6.45, 7) is 5.46. The molecular formula is C15H24N6O3. The van der Waals surface area contributed by atoms with Crippen molar-refractivity contribution in [1.82, 2.24) is 29.7 Å². The van der Waals surface area contributed by atoms with Crippen LogP contribution in [0.4, 0.5) is 4.79 Å². The van der Waals surface area contributed by atoms with E-state index >= 15 is 0 Å². The third-order valence-electron chi connectivity index (χ3n) is 4.77. The lowest BCUT2D eigenvalue weighted by molar-refractivity contribution is 0.0690. The molecule has 0 saturated carbocycles. The first-order valence-electron chi connectivity index (χ1n) is 8.39. The number of piperazine rings is 1. The second-order valence-corrected chi connectivity index (χ2v) is 6.66. The number of nitrogens with zero attached hydrogens (tertiary/aromatic N) is 6. The summed E-state index contributed by atoms with van der Waals surface area (Å²) < 4.78 is 1.57. The van der Waals surface area contributed by atoms with Gasteiger partial charge in [-0.2, -0.15) is 0 Å². The molecule has 0 bridgehead atoms. The average molecular weight is 336 g/mol. The van der Waals surface area contributed by atoms with Crippen molar-refractivity contribution in [3.05, 3.63) is 11.9 Å². The monoisotopic (exact) mass is 336 g/mol. The lowest BCUT2D eigenvalue weighted by Gasteiger charge is -2.39. The maximum atomic E-state index is 12.7. The molecule has 9 nitrogen and oxygen atoms in total. The van der Waals surface area contributed by atoms with Crippen molar-refractivity contribution >= 4 is 12.0 Å². The van der Waals surface area contributed by atoms with Crippen LogP contribution < -0.4 is 0 Å². The van der Waals surface area contributed by atoms with Gasteiger partial charge >= 0.3 is 12.0 Å². The Balaban J connectivity index is 1.55. The SMILES string of the molecule is CN1CCN(C(=O)N2CCC[C@H](Cn3cc(C(=O)O)nn3)C2)CC1. The highest BCUT2D eigenvalue weighted by Crippen LogP contribution is 2.20. The zero-order valence-electron chi connectivity index (χ0n) is 14.0. The number of likely N-dealkylation sites (tertiary alicyclic amines) is 1. The molecule has 0 aliphatic carbocycles. The van der Waals surface area contributed by atoms with Crippen molar-refractivity contribution in [1.29, 1.82) is 0 Å². The molecule has 2 saturated heterocycles. The Morgan fingerprint density at radius 3 is 2.62 bits per heavy atom. The van der Waals surface area contributed by atoms with Crippen LogP contribution in [-0.4, -0.2) is 93.1 Å². The summed E-state index contributed by atoms with van der Waals surface area (Å²) >= 11 is 0. The minimum absolute atomic E-state index is 0.0452. The quantitative estimate of drug-likeness (QED) is 0.838. The van der Waals surface area contributed by atoms with Crippen LogP contribution in [0.25, 0.3) is 0 Å². The summed E-state index contributed by atoms with van der Waals surface area (Å²) in [5.74, 6) is -0.796. The topological polar surface area (TPSA) is 94.8 Å². The van der Waals surface area contributed by atoms with E-state index in [4.69, 9.17) is 5.11 Å². The number of carboxylic acid groups (broad SMARTS) is 1. The van der Waals surface area contributed by atoms with Gasteiger partial charge in [0.1, 0.15) is 0 Å². The Labute approximate surface area is 140 Å². The Bertz CT molecular complexity index is 596. The number of aromatic nitrogens is 3. The molecule has 1 aromatic rings. The number of amides is 2. The van der Waals surface area contributed by atoms with E-state index in [0.29, 0.717) is 13.1 Å². The van der Waals surface area contributed by atoms with E-state index in [9.17, 15) is 9.59 Å². The van der Waals surface area contributed by atoms with Gasteiger partial charge in [0.2, 0.25) is 0 Å². The van der Waals surface area contributed by atoms with Gasteiger partial charge in [-0.25, -0.2) is 9.59 Å². The number of hydrogen-bond donors (Lipinski definition) is 1. The number of piperidine rings is 1. The molecule has 9 heteroatoms. The fourth-order valence-electron chi connectivity index (χ4n) is 3.34. The molecule has 132 valence electrons. The zero-order valence-corrected chi connectivity index (χ0v) is 14.0. The fraction of sp³-hybridized carbons (Fsp3) is 0.733. The molecule has 2 aliphatic rings. The zero-order chi connectivity index (χ0) is 17.1. The molecule has 1 N–H and O–H groups in total. The van der Waals surface area contributed by atoms with Crippen molar-refractivity contribution in [2.75, 3.05) is 46.3 Å². The third-order valence-corrected chi connectivity index (χ3v) is 4.77. The predicted octanol–water partition coefficient (Wildman–Crippen LogP) is 0.0557. The van der Waals surface area contributed by atoms with Gasteiger partial charge in [0.05, 0.1) is 6.20 Å². The Morgan fingerprint density at radius 1 is 1.21 bits per heavy atom. The van der Waals surface area contributed by atoms with Crippen LogP contribution in [0.1, 0.15) is 23.3 Å². The Kier molecular flexibility index (Phi) is 4.98. The predicted molar refractivity (Wildman–Crippen MR) is 85.7 cm³/mol. The van der Waals surface area contributed by atoms with Crippen molar-refractivity contribution in [3.8, 4) is 0 Å². The molecule has 2 fully saturated rings. The molecular weight excluding hydrogens is 312 g/mol. The summed E-state index contributed by atoms with van der Waals surface area (Å²) in [7, 11) is 2.07. The third kappa shape index (κ3) is 3.84. The number of carboxylic acids is 1. The number of urea groups is 1. The minimum Gasteiger partial charge on any atom is -0.476 e. The van der Waals surface area contributed by atoms with E-state index in [0.717, 1.165) is 45.6 Å². The van der Waals surface area contributed by atoms with Crippen LogP contribution in [0.5, 0.6) is 0 Å². The molecule has 0 aromatic carbocycles. The van der Waals surface area contributed by atoms with Gasteiger partial charge in [0, 0.05) is 45.8 Å². The average Bonchev–Trinajstić information content (AvgIpc) is 3.04. The highest BCUT2D eigenvalue weighted by molar-refractivity contribution is 5.84. The van der Waals surface area contributed by atoms with Gasteiger partial charge in [0.15, 0.2) is 5.69 Å². The summed E-state index contributed by atoms with van der Waals surface area (Å²) in [4.78, 5) is 29.6. The molecule has 2 amide bonds. The van der Waals surface area contributed by atoms with Crippen LogP contribution in [0.15, 0.2) is 6.20 Å². The number of aromatic carboxylic acids is 1. The van der Waals surface area contributed by atoms with Gasteiger partial charge in [-0.3, -0.25) is 4.68 Å². The van der Waals surface area contributed by atoms with Gasteiger partial charge in [-0.15, -0.1) is 5.10 Å². The summed E-state index contributed by atoms with van der Waals surface area (Å²) in [5.41, 5.74) is -0.0452. The molecule has 3 rings (SSSR count). The van der Waals surface area contributed by atoms with Gasteiger partial charge in [-0.05, 0) is 25.8 Å². The van der Waals surface area contributed by atoms with Crippen LogP contribution in [0.3, 0.4) is 0 Å². The number of carbonyl (C=O) groups is 2. The lowest BCUT2D eigenvalue weighted by atomic mass is 9.98. The molecule has 1 aromatic heterocycles. The molecule has 3 heterocycles. The number of carbonyl (C=O) groups excluding carboxylic acids is 1. The highest BCUT2D eigenvalue weighted by atomic mass is 16.4. The largest absolute Gasteiger partial charge is 0.476 e. The smallest absolute Gasteiger partial charge is 0.358 e. The van der Waals surface area contributed by atoms with Crippen LogP contribution in [0.2, 0.25) is 0 Å². The number of likely N-dealkylation sites (N-methyl/N-ethyl adjacent to an activating group) is 1. The first-order valence-corrected chi connectivity index (χ1v) is 8.39. The van der Waals surface area contributed by atoms with E-state index in [1.165, 1.54) is 6.20 Å². The van der Waals surface area contributed by atoms with Crippen LogP contribution >= 0.6 is 0 Å². The number of hydrogen-bond acceptors (Lipinski definition) is 5. The van der Waals surface area contributed by atoms with Crippen LogP contribution in [0, 0.1) is 5.92 Å². The Hall–Kier alpha value is -2.16. The van der Waals surface area contributed by atoms with E-state index in [-0.39, 0.29) is 17.6 Å². The normalized spacial score (nSPS) is 22.6. The van der Waals surface area contributed by atoms with Crippen molar-refractivity contribution in [3.63, 3.8) is 0 Å². The molecule has 1 atom stereocenters. The fourth-order valence-corrected chi connectivity index (χ4v) is 3.34. The van der Waals surface area contributed by atoms with Crippen molar-refractivity contribution < 1.29 is 14.7 Å². The summed E-state index contributed by atoms with van der Waals surface area (Å²) in [6.07, 6.45) is 3.42. The summed E-state index contributed by atoms with van der Waals surface area (Å²) in [6, 6.07) is 0.123. The first kappa shape index (κ1) is 16.7. The maximum absolute atomic E-state index is 12.7. The standard InChI is InChI=1S/C15H24N6O3/c1-18-5-7-19(8-6-18)15(24)20-4-2-3-12(9-20)10-21-11-13(14(22)23)16-17-21/h11-12H,2-10H2,1H3,(H,22,23)/t12-/m0/s1. The Morgan fingerprint density at radius 2 is 1.96 bits per heavy atom. The summed E-state index contributed by atoms with van der Waals surface area (Å²) in [5, 5.41) is 16.4. The molecule has 0 spiro atoms. The molecule has 0 unspecified atom stereocenters. The van der Waals surface area contributed by atoms with E-state index in [2.05, 4.69) is 22.3 Å². The lowest BCUT2D eigenvalue weighted by Crippen LogP contribution is -2.54. The van der Waals surface area contributed by atoms with Crippen molar-refractivity contribution in [2.24, 2.45) is 5.92 Å².